The number of cyclic esters (lactones) is 1. The molecule has 0 radical (unpaired) electrons. The minimum absolute atomic E-state index is 0.0232. The van der Waals surface area contributed by atoms with E-state index >= 15 is 0 Å². The number of ether oxygens (including phenoxy) is 4. The Morgan fingerprint density at radius 1 is 1.14 bits per heavy atom. The maximum absolute atomic E-state index is 12.5. The Bertz CT molecular complexity index is 1020. The van der Waals surface area contributed by atoms with Crippen LogP contribution in [0.15, 0.2) is 53.2 Å². The van der Waals surface area contributed by atoms with Crippen molar-refractivity contribution in [2.45, 2.75) is 6.61 Å². The zero-order valence-corrected chi connectivity index (χ0v) is 15.3. The van der Waals surface area contributed by atoms with Gasteiger partial charge < -0.3 is 18.9 Å². The lowest BCUT2D eigenvalue weighted by Gasteiger charge is -2.10. The second kappa shape index (κ2) is 8.51. The molecule has 0 saturated heterocycles. The van der Waals surface area contributed by atoms with Crippen molar-refractivity contribution in [2.24, 2.45) is 4.99 Å². The molecule has 0 bridgehead atoms. The highest BCUT2D eigenvalue weighted by atomic mass is 19.3. The Labute approximate surface area is 164 Å². The Morgan fingerprint density at radius 3 is 2.59 bits per heavy atom. The number of esters is 2. The van der Waals surface area contributed by atoms with Crippen LogP contribution in [0.3, 0.4) is 0 Å². The average molecular weight is 403 g/mol. The zero-order valence-electron chi connectivity index (χ0n) is 15.3. The van der Waals surface area contributed by atoms with Gasteiger partial charge in [0.05, 0.1) is 19.8 Å². The van der Waals surface area contributed by atoms with Crippen LogP contribution < -0.4 is 9.47 Å². The third-order valence-electron chi connectivity index (χ3n) is 3.91. The average Bonchev–Trinajstić information content (AvgIpc) is 3.08. The topological polar surface area (TPSA) is 83.4 Å². The molecule has 0 fully saturated rings. The first-order chi connectivity index (χ1) is 13.9. The van der Waals surface area contributed by atoms with Crippen molar-refractivity contribution in [1.82, 2.24) is 0 Å². The molecular formula is C20H15F2NO6. The standard InChI is InChI=1S/C20H15F2NO6/c1-26-16-10-12(7-8-15(16)28-20(21)22)17-23-14(19(25)29-17)9-11-5-3-4-6-13(11)18(24)27-2/h3-10,20H,1-2H3/b14-9-. The number of rotatable bonds is 6. The maximum atomic E-state index is 12.5. The second-order valence-electron chi connectivity index (χ2n) is 5.66. The number of halogens is 2. The van der Waals surface area contributed by atoms with Gasteiger partial charge in [-0.2, -0.15) is 8.78 Å². The van der Waals surface area contributed by atoms with E-state index in [1.807, 2.05) is 0 Å². The van der Waals surface area contributed by atoms with Crippen LogP contribution in [0.1, 0.15) is 21.5 Å². The maximum Gasteiger partial charge on any atom is 0.387 e. The normalized spacial score (nSPS) is 14.6. The van der Waals surface area contributed by atoms with Crippen molar-refractivity contribution >= 4 is 23.9 Å². The lowest BCUT2D eigenvalue weighted by Crippen LogP contribution is -2.07. The molecule has 0 unspecified atom stereocenters. The lowest BCUT2D eigenvalue weighted by molar-refractivity contribution is -0.129. The Balaban J connectivity index is 1.95. The summed E-state index contributed by atoms with van der Waals surface area (Å²) in [7, 11) is 2.54. The number of aliphatic imine (C=N–C) groups is 1. The molecule has 1 aliphatic heterocycles. The third-order valence-corrected chi connectivity index (χ3v) is 3.91. The summed E-state index contributed by atoms with van der Waals surface area (Å²) in [4.78, 5) is 28.2. The van der Waals surface area contributed by atoms with Crippen molar-refractivity contribution in [3.8, 4) is 11.5 Å². The van der Waals surface area contributed by atoms with Crippen molar-refractivity contribution < 1.29 is 37.3 Å². The van der Waals surface area contributed by atoms with Crippen molar-refractivity contribution in [3.63, 3.8) is 0 Å². The SMILES string of the molecule is COC(=O)c1ccccc1/C=C1\N=C(c2ccc(OC(F)F)c(OC)c2)OC1=O. The van der Waals surface area contributed by atoms with Crippen LogP contribution in [0.2, 0.25) is 0 Å². The summed E-state index contributed by atoms with van der Waals surface area (Å²) in [6, 6.07) is 10.5. The molecule has 7 nitrogen and oxygen atoms in total. The number of alkyl halides is 2. The first kappa shape index (κ1) is 20.0. The molecule has 0 aliphatic carbocycles. The quantitative estimate of drug-likeness (QED) is 0.543. The fourth-order valence-electron chi connectivity index (χ4n) is 2.59. The van der Waals surface area contributed by atoms with E-state index in [0.717, 1.165) is 0 Å². The number of carbonyl (C=O) groups excluding carboxylic acids is 2. The Kier molecular flexibility index (Phi) is 5.87. The molecule has 1 heterocycles. The molecule has 0 atom stereocenters. The molecule has 29 heavy (non-hydrogen) atoms. The van der Waals surface area contributed by atoms with Gasteiger partial charge in [-0.25, -0.2) is 14.6 Å². The first-order valence-corrected chi connectivity index (χ1v) is 8.26. The number of benzene rings is 2. The van der Waals surface area contributed by atoms with Crippen LogP contribution in [0, 0.1) is 0 Å². The van der Waals surface area contributed by atoms with E-state index in [1.165, 1.54) is 38.5 Å². The van der Waals surface area contributed by atoms with Gasteiger partial charge in [0.1, 0.15) is 0 Å². The van der Waals surface area contributed by atoms with E-state index < -0.39 is 18.6 Å². The summed E-state index contributed by atoms with van der Waals surface area (Å²) in [6.07, 6.45) is 1.40. The number of hydrogen-bond donors (Lipinski definition) is 0. The molecule has 3 rings (SSSR count). The van der Waals surface area contributed by atoms with Gasteiger partial charge in [0.25, 0.3) is 0 Å². The van der Waals surface area contributed by atoms with Gasteiger partial charge in [-0.05, 0) is 35.9 Å². The zero-order chi connectivity index (χ0) is 21.0. The van der Waals surface area contributed by atoms with E-state index in [0.29, 0.717) is 11.1 Å². The number of methoxy groups -OCH3 is 2. The third kappa shape index (κ3) is 4.40. The molecule has 0 saturated carbocycles. The molecule has 0 N–H and O–H groups in total. The molecule has 150 valence electrons. The molecular weight excluding hydrogens is 388 g/mol. The van der Waals surface area contributed by atoms with Gasteiger partial charge in [-0.3, -0.25) is 0 Å². The molecule has 1 aliphatic rings. The van der Waals surface area contributed by atoms with Crippen LogP contribution in [-0.4, -0.2) is 38.7 Å². The summed E-state index contributed by atoms with van der Waals surface area (Å²) in [5.74, 6) is -1.48. The van der Waals surface area contributed by atoms with Crippen LogP contribution in [0.25, 0.3) is 6.08 Å². The van der Waals surface area contributed by atoms with E-state index in [9.17, 15) is 18.4 Å². The summed E-state index contributed by atoms with van der Waals surface area (Å²) in [6.45, 7) is -3.01. The summed E-state index contributed by atoms with van der Waals surface area (Å²) >= 11 is 0. The van der Waals surface area contributed by atoms with Crippen LogP contribution in [-0.2, 0) is 14.3 Å². The minimum Gasteiger partial charge on any atom is -0.493 e. The second-order valence-corrected chi connectivity index (χ2v) is 5.66. The predicted molar refractivity (Wildman–Crippen MR) is 98.0 cm³/mol. The van der Waals surface area contributed by atoms with E-state index in [2.05, 4.69) is 9.73 Å². The van der Waals surface area contributed by atoms with Crippen molar-refractivity contribution in [3.05, 3.63) is 64.9 Å². The smallest absolute Gasteiger partial charge is 0.387 e. The van der Waals surface area contributed by atoms with Gasteiger partial charge in [0, 0.05) is 5.56 Å². The van der Waals surface area contributed by atoms with Gasteiger partial charge in [0.15, 0.2) is 17.2 Å². The minimum atomic E-state index is -3.01. The van der Waals surface area contributed by atoms with Gasteiger partial charge >= 0.3 is 18.6 Å². The van der Waals surface area contributed by atoms with Gasteiger partial charge in [-0.1, -0.05) is 18.2 Å². The highest BCUT2D eigenvalue weighted by Crippen LogP contribution is 2.31. The van der Waals surface area contributed by atoms with Crippen LogP contribution in [0.5, 0.6) is 11.5 Å². The van der Waals surface area contributed by atoms with Gasteiger partial charge in [0.2, 0.25) is 5.90 Å². The monoisotopic (exact) mass is 403 g/mol. The Morgan fingerprint density at radius 2 is 1.90 bits per heavy atom. The molecule has 0 spiro atoms. The molecule has 2 aromatic carbocycles. The molecule has 2 aromatic rings. The predicted octanol–water partition coefficient (Wildman–Crippen LogP) is 3.43. The Hall–Kier alpha value is -3.75. The lowest BCUT2D eigenvalue weighted by atomic mass is 10.1. The molecule has 0 aromatic heterocycles. The summed E-state index contributed by atoms with van der Waals surface area (Å²) < 4.78 is 44.2. The first-order valence-electron chi connectivity index (χ1n) is 8.26. The van der Waals surface area contributed by atoms with E-state index in [1.54, 1.807) is 24.3 Å². The molecule has 0 amide bonds. The summed E-state index contributed by atoms with van der Waals surface area (Å²) in [5, 5.41) is 0. The van der Waals surface area contributed by atoms with Crippen LogP contribution in [0.4, 0.5) is 8.78 Å². The largest absolute Gasteiger partial charge is 0.493 e. The van der Waals surface area contributed by atoms with Crippen molar-refractivity contribution in [1.29, 1.82) is 0 Å². The fourth-order valence-corrected chi connectivity index (χ4v) is 2.59. The van der Waals surface area contributed by atoms with E-state index in [4.69, 9.17) is 14.2 Å². The summed E-state index contributed by atoms with van der Waals surface area (Å²) in [5.41, 5.74) is 0.966. The van der Waals surface area contributed by atoms with Crippen LogP contribution >= 0.6 is 0 Å². The molecule has 9 heteroatoms. The highest BCUT2D eigenvalue weighted by molar-refractivity contribution is 6.13. The fraction of sp³-hybridized carbons (Fsp3) is 0.150. The number of hydrogen-bond acceptors (Lipinski definition) is 7. The number of nitrogens with zero attached hydrogens (tertiary/aromatic N) is 1. The van der Waals surface area contributed by atoms with Crippen molar-refractivity contribution in [2.75, 3.05) is 14.2 Å². The number of carbonyl (C=O) groups is 2. The van der Waals surface area contributed by atoms with E-state index in [-0.39, 0.29) is 28.7 Å². The van der Waals surface area contributed by atoms with Gasteiger partial charge in [-0.15, -0.1) is 0 Å². The highest BCUT2D eigenvalue weighted by Gasteiger charge is 2.26.